The van der Waals surface area contributed by atoms with Crippen LogP contribution in [0.4, 0.5) is 5.69 Å². The summed E-state index contributed by atoms with van der Waals surface area (Å²) < 4.78 is 33.6. The SMILES string of the molecule is Cc1ccc(N(CC(=O)N/N=C\c2ccc(OCC(=O)N[C@@H](C)c3ccccc3)cc2)S(=O)(=O)c2ccc(C)cc2)cc1. The molecule has 4 rings (SSSR count). The van der Waals surface area contributed by atoms with Crippen LogP contribution in [0.15, 0.2) is 113 Å². The third-order valence-electron chi connectivity index (χ3n) is 6.55. The van der Waals surface area contributed by atoms with Crippen LogP contribution in [0.25, 0.3) is 0 Å². The van der Waals surface area contributed by atoms with Gasteiger partial charge in [0.25, 0.3) is 21.8 Å². The van der Waals surface area contributed by atoms with E-state index in [1.807, 2.05) is 51.1 Å². The summed E-state index contributed by atoms with van der Waals surface area (Å²) in [4.78, 5) is 25.2. The minimum atomic E-state index is -4.02. The lowest BCUT2D eigenvalue weighted by Gasteiger charge is -2.24. The van der Waals surface area contributed by atoms with Crippen LogP contribution in [0.1, 0.15) is 35.2 Å². The molecule has 222 valence electrons. The Morgan fingerprint density at radius 2 is 1.44 bits per heavy atom. The molecular formula is C33H34N4O5S. The molecule has 0 saturated heterocycles. The van der Waals surface area contributed by atoms with E-state index >= 15 is 0 Å². The number of hydrazone groups is 1. The van der Waals surface area contributed by atoms with Gasteiger partial charge in [-0.3, -0.25) is 13.9 Å². The van der Waals surface area contributed by atoms with Gasteiger partial charge in [0, 0.05) is 0 Å². The highest BCUT2D eigenvalue weighted by Gasteiger charge is 2.27. The summed E-state index contributed by atoms with van der Waals surface area (Å²) >= 11 is 0. The van der Waals surface area contributed by atoms with Crippen LogP contribution in [0.5, 0.6) is 5.75 Å². The van der Waals surface area contributed by atoms with Crippen LogP contribution in [-0.4, -0.2) is 39.6 Å². The Morgan fingerprint density at radius 1 is 0.837 bits per heavy atom. The minimum Gasteiger partial charge on any atom is -0.484 e. The second kappa shape index (κ2) is 14.3. The summed E-state index contributed by atoms with van der Waals surface area (Å²) in [5.41, 5.74) is 6.32. The molecule has 43 heavy (non-hydrogen) atoms. The number of anilines is 1. The number of carbonyl (C=O) groups is 2. The van der Waals surface area contributed by atoms with E-state index in [0.717, 1.165) is 21.0 Å². The predicted molar refractivity (Wildman–Crippen MR) is 168 cm³/mol. The van der Waals surface area contributed by atoms with Crippen LogP contribution in [0.2, 0.25) is 0 Å². The van der Waals surface area contributed by atoms with Gasteiger partial charge in [0.1, 0.15) is 12.3 Å². The lowest BCUT2D eigenvalue weighted by Crippen LogP contribution is -2.39. The van der Waals surface area contributed by atoms with E-state index in [4.69, 9.17) is 4.74 Å². The molecule has 0 fully saturated rings. The molecule has 9 nitrogen and oxygen atoms in total. The van der Waals surface area contributed by atoms with Gasteiger partial charge in [-0.25, -0.2) is 13.8 Å². The first kappa shape index (κ1) is 31.0. The standard InChI is InChI=1S/C33H34N4O5S/c1-24-9-15-29(16-10-24)37(43(40,41)31-19-11-25(2)12-20-31)22-32(38)36-34-21-27-13-17-30(18-14-27)42-23-33(39)35-26(3)28-7-5-4-6-8-28/h4-21,26H,22-23H2,1-3H3,(H,35,39)(H,36,38)/b34-21-/t26-/m0/s1. The molecular weight excluding hydrogens is 564 g/mol. The van der Waals surface area contributed by atoms with E-state index in [1.165, 1.54) is 18.3 Å². The maximum Gasteiger partial charge on any atom is 0.264 e. The molecule has 0 bridgehead atoms. The van der Waals surface area contributed by atoms with E-state index in [1.54, 1.807) is 60.7 Å². The van der Waals surface area contributed by atoms with Crippen LogP contribution in [-0.2, 0) is 19.6 Å². The maximum absolute atomic E-state index is 13.5. The number of nitrogens with zero attached hydrogens (tertiary/aromatic N) is 2. The Balaban J connectivity index is 1.33. The summed E-state index contributed by atoms with van der Waals surface area (Å²) in [6, 6.07) is 29.7. The van der Waals surface area contributed by atoms with Gasteiger partial charge >= 0.3 is 0 Å². The van der Waals surface area contributed by atoms with Crippen molar-refractivity contribution in [2.75, 3.05) is 17.5 Å². The van der Waals surface area contributed by atoms with Crippen LogP contribution >= 0.6 is 0 Å². The van der Waals surface area contributed by atoms with Crippen molar-refractivity contribution in [1.29, 1.82) is 0 Å². The van der Waals surface area contributed by atoms with Crippen molar-refractivity contribution in [3.63, 3.8) is 0 Å². The highest BCUT2D eigenvalue weighted by Crippen LogP contribution is 2.24. The lowest BCUT2D eigenvalue weighted by atomic mass is 10.1. The Morgan fingerprint density at radius 3 is 2.07 bits per heavy atom. The van der Waals surface area contributed by atoms with Crippen molar-refractivity contribution in [3.8, 4) is 5.75 Å². The molecule has 0 aliphatic heterocycles. The Kier molecular flexibility index (Phi) is 10.3. The number of nitrogens with one attached hydrogen (secondary N) is 2. The average molecular weight is 599 g/mol. The van der Waals surface area contributed by atoms with Crippen molar-refractivity contribution in [2.45, 2.75) is 31.7 Å². The summed E-state index contributed by atoms with van der Waals surface area (Å²) in [6.45, 7) is 5.07. The molecule has 0 spiro atoms. The van der Waals surface area contributed by atoms with Gasteiger partial charge in [-0.2, -0.15) is 5.10 Å². The summed E-state index contributed by atoms with van der Waals surface area (Å²) in [5, 5.41) is 6.88. The number of ether oxygens (including phenoxy) is 1. The Bertz CT molecular complexity index is 1660. The number of rotatable bonds is 12. The zero-order valence-electron chi connectivity index (χ0n) is 24.2. The lowest BCUT2D eigenvalue weighted by molar-refractivity contribution is -0.123. The van der Waals surface area contributed by atoms with Gasteiger partial charge in [-0.1, -0.05) is 65.7 Å². The monoisotopic (exact) mass is 598 g/mol. The van der Waals surface area contributed by atoms with E-state index in [9.17, 15) is 18.0 Å². The van der Waals surface area contributed by atoms with Gasteiger partial charge < -0.3 is 10.1 Å². The zero-order chi connectivity index (χ0) is 30.8. The molecule has 4 aromatic carbocycles. The average Bonchev–Trinajstić information content (AvgIpc) is 3.00. The fourth-order valence-corrected chi connectivity index (χ4v) is 5.54. The Hall–Kier alpha value is -4.96. The van der Waals surface area contributed by atoms with E-state index in [2.05, 4.69) is 15.8 Å². The topological polar surface area (TPSA) is 117 Å². The van der Waals surface area contributed by atoms with E-state index in [0.29, 0.717) is 17.0 Å². The molecule has 0 aliphatic rings. The number of benzene rings is 4. The van der Waals surface area contributed by atoms with Crippen LogP contribution in [0, 0.1) is 13.8 Å². The number of amides is 2. The minimum absolute atomic E-state index is 0.0838. The van der Waals surface area contributed by atoms with Crippen molar-refractivity contribution >= 4 is 33.7 Å². The third-order valence-corrected chi connectivity index (χ3v) is 8.34. The first-order chi connectivity index (χ1) is 20.6. The van der Waals surface area contributed by atoms with Gasteiger partial charge in [0.15, 0.2) is 6.61 Å². The zero-order valence-corrected chi connectivity index (χ0v) is 25.0. The first-order valence-corrected chi connectivity index (χ1v) is 15.1. The first-order valence-electron chi connectivity index (χ1n) is 13.7. The predicted octanol–water partition coefficient (Wildman–Crippen LogP) is 4.91. The van der Waals surface area contributed by atoms with E-state index < -0.39 is 22.5 Å². The second-order valence-electron chi connectivity index (χ2n) is 10.0. The fourth-order valence-electron chi connectivity index (χ4n) is 4.12. The number of hydrogen-bond donors (Lipinski definition) is 2. The highest BCUT2D eigenvalue weighted by atomic mass is 32.2. The van der Waals surface area contributed by atoms with Crippen LogP contribution < -0.4 is 19.8 Å². The molecule has 0 radical (unpaired) electrons. The smallest absolute Gasteiger partial charge is 0.264 e. The van der Waals surface area contributed by atoms with Crippen molar-refractivity contribution < 1.29 is 22.7 Å². The fraction of sp³-hybridized carbons (Fsp3) is 0.182. The maximum atomic E-state index is 13.5. The van der Waals surface area contributed by atoms with Crippen LogP contribution in [0.3, 0.4) is 0 Å². The second-order valence-corrected chi connectivity index (χ2v) is 11.9. The summed E-state index contributed by atoms with van der Waals surface area (Å²) in [7, 11) is -4.02. The summed E-state index contributed by atoms with van der Waals surface area (Å²) in [5.74, 6) is -0.351. The molecule has 10 heteroatoms. The van der Waals surface area contributed by atoms with Crippen molar-refractivity contribution in [1.82, 2.24) is 10.7 Å². The number of sulfonamides is 1. The molecule has 0 aromatic heterocycles. The van der Waals surface area contributed by atoms with Gasteiger partial charge in [0.2, 0.25) is 0 Å². The van der Waals surface area contributed by atoms with Crippen molar-refractivity contribution in [3.05, 3.63) is 125 Å². The quantitative estimate of drug-likeness (QED) is 0.178. The molecule has 0 heterocycles. The Labute approximate surface area is 252 Å². The van der Waals surface area contributed by atoms with Crippen molar-refractivity contribution in [2.24, 2.45) is 5.10 Å². The largest absolute Gasteiger partial charge is 0.484 e. The molecule has 4 aromatic rings. The van der Waals surface area contributed by atoms with E-state index in [-0.39, 0.29) is 23.5 Å². The molecule has 1 atom stereocenters. The number of aryl methyl sites for hydroxylation is 2. The van der Waals surface area contributed by atoms with Gasteiger partial charge in [-0.15, -0.1) is 0 Å². The normalized spacial score (nSPS) is 12.0. The van der Waals surface area contributed by atoms with Gasteiger partial charge in [0.05, 0.1) is 22.8 Å². The highest BCUT2D eigenvalue weighted by molar-refractivity contribution is 7.92. The molecule has 0 saturated carbocycles. The molecule has 0 unspecified atom stereocenters. The molecule has 2 N–H and O–H groups in total. The summed E-state index contributed by atoms with van der Waals surface area (Å²) in [6.07, 6.45) is 1.43. The van der Waals surface area contributed by atoms with Gasteiger partial charge in [-0.05, 0) is 80.4 Å². The number of hydrogen-bond acceptors (Lipinski definition) is 6. The molecule has 2 amide bonds. The molecule has 0 aliphatic carbocycles. The number of carbonyl (C=O) groups excluding carboxylic acids is 2. The third kappa shape index (κ3) is 8.76.